The average molecular weight is 227 g/mol. The number of carbonyl (C=O) groups excluding carboxylic acids is 1. The highest BCUT2D eigenvalue weighted by Crippen LogP contribution is 2.35. The van der Waals surface area contributed by atoms with Gasteiger partial charge in [0.1, 0.15) is 5.60 Å². The topological polar surface area (TPSA) is 89.6 Å². The molecule has 1 aliphatic rings. The molecule has 5 heteroatoms. The molecule has 0 spiro atoms. The molecule has 0 amide bonds. The quantitative estimate of drug-likeness (QED) is 0.411. The highest BCUT2D eigenvalue weighted by Gasteiger charge is 2.54. The number of nitrogens with two attached hydrogens (primary N) is 1. The van der Waals surface area contributed by atoms with Crippen LogP contribution in [0, 0.1) is 5.41 Å². The fourth-order valence-electron chi connectivity index (χ4n) is 1.61. The summed E-state index contributed by atoms with van der Waals surface area (Å²) < 4.78 is 5.12. The average Bonchev–Trinajstić information content (AvgIpc) is 2.44. The molecule has 0 radical (unpaired) electrons. The molecule has 0 aliphatic heterocycles. The van der Waals surface area contributed by atoms with Crippen molar-refractivity contribution in [3.05, 3.63) is 12.2 Å². The van der Waals surface area contributed by atoms with Crippen LogP contribution in [0.1, 0.15) is 27.2 Å². The Morgan fingerprint density at radius 2 is 2.06 bits per heavy atom. The van der Waals surface area contributed by atoms with Crippen molar-refractivity contribution in [3.63, 3.8) is 0 Å². The number of carbonyl (C=O) groups is 2. The highest BCUT2D eigenvalue weighted by atomic mass is 16.6. The third kappa shape index (κ3) is 2.09. The van der Waals surface area contributed by atoms with Crippen molar-refractivity contribution < 1.29 is 19.4 Å². The molecular formula is C11H17NO4. The van der Waals surface area contributed by atoms with Gasteiger partial charge in [0, 0.05) is 6.04 Å². The van der Waals surface area contributed by atoms with E-state index < -0.39 is 29.0 Å². The molecule has 3 N–H and O–H groups in total. The van der Waals surface area contributed by atoms with Crippen molar-refractivity contribution in [2.75, 3.05) is 0 Å². The van der Waals surface area contributed by atoms with Crippen molar-refractivity contribution in [2.24, 2.45) is 11.1 Å². The first-order chi connectivity index (χ1) is 7.20. The minimum atomic E-state index is -1.66. The number of ether oxygens (including phenoxy) is 1. The van der Waals surface area contributed by atoms with Gasteiger partial charge in [0.05, 0.1) is 0 Å². The van der Waals surface area contributed by atoms with E-state index in [2.05, 4.69) is 0 Å². The fraction of sp³-hybridized carbons (Fsp3) is 0.636. The van der Waals surface area contributed by atoms with E-state index in [9.17, 15) is 14.7 Å². The van der Waals surface area contributed by atoms with E-state index in [0.29, 0.717) is 0 Å². The zero-order valence-electron chi connectivity index (χ0n) is 9.69. The molecule has 5 nitrogen and oxygen atoms in total. The van der Waals surface area contributed by atoms with Crippen LogP contribution in [-0.2, 0) is 14.3 Å². The smallest absolute Gasteiger partial charge is 0.326 e. The Labute approximate surface area is 94.3 Å². The molecule has 0 heterocycles. The van der Waals surface area contributed by atoms with Gasteiger partial charge < -0.3 is 15.6 Å². The van der Waals surface area contributed by atoms with Gasteiger partial charge in [0.15, 0.2) is 5.41 Å². The molecule has 0 fully saturated rings. The summed E-state index contributed by atoms with van der Waals surface area (Å²) in [6.45, 7) is 5.07. The summed E-state index contributed by atoms with van der Waals surface area (Å²) in [5, 5.41) is 9.18. The molecule has 0 aromatic carbocycles. The fourth-order valence-corrected chi connectivity index (χ4v) is 1.61. The Kier molecular flexibility index (Phi) is 3.10. The first-order valence-electron chi connectivity index (χ1n) is 5.09. The molecular weight excluding hydrogens is 210 g/mol. The van der Waals surface area contributed by atoms with E-state index in [4.69, 9.17) is 10.5 Å². The monoisotopic (exact) mass is 227 g/mol. The van der Waals surface area contributed by atoms with Gasteiger partial charge in [-0.25, -0.2) is 0 Å². The number of aliphatic carboxylic acids is 1. The summed E-state index contributed by atoms with van der Waals surface area (Å²) in [4.78, 5) is 23.2. The molecule has 0 aromatic rings. The molecule has 0 saturated carbocycles. The Hall–Kier alpha value is -1.36. The molecule has 0 saturated heterocycles. The van der Waals surface area contributed by atoms with Crippen molar-refractivity contribution in [3.8, 4) is 0 Å². The zero-order valence-corrected chi connectivity index (χ0v) is 9.69. The van der Waals surface area contributed by atoms with Crippen molar-refractivity contribution >= 4 is 11.9 Å². The second kappa shape index (κ2) is 3.90. The highest BCUT2D eigenvalue weighted by molar-refractivity contribution is 6.01. The molecule has 2 atom stereocenters. The standard InChI is InChI=1S/C11H17NO4/c1-10(2,3)16-9(15)11(8(13)14)6-4-5-7(11)12/h4-5,7H,6,12H2,1-3H3,(H,13,14). The van der Waals surface area contributed by atoms with Crippen LogP contribution in [0.4, 0.5) is 0 Å². The van der Waals surface area contributed by atoms with E-state index >= 15 is 0 Å². The largest absolute Gasteiger partial charge is 0.480 e. The summed E-state index contributed by atoms with van der Waals surface area (Å²) >= 11 is 0. The van der Waals surface area contributed by atoms with Gasteiger partial charge in [-0.1, -0.05) is 12.2 Å². The lowest BCUT2D eigenvalue weighted by Gasteiger charge is -2.30. The zero-order chi connectivity index (χ0) is 12.6. The van der Waals surface area contributed by atoms with Crippen LogP contribution in [0.5, 0.6) is 0 Å². The van der Waals surface area contributed by atoms with Crippen LogP contribution in [0.15, 0.2) is 12.2 Å². The lowest BCUT2D eigenvalue weighted by molar-refractivity contribution is -0.176. The number of carboxylic acids is 1. The number of hydrogen-bond donors (Lipinski definition) is 2. The summed E-state index contributed by atoms with van der Waals surface area (Å²) in [7, 11) is 0. The minimum absolute atomic E-state index is 0.0818. The van der Waals surface area contributed by atoms with E-state index in [1.54, 1.807) is 26.8 Å². The maximum absolute atomic E-state index is 11.9. The molecule has 0 bridgehead atoms. The summed E-state index contributed by atoms with van der Waals surface area (Å²) in [5.74, 6) is -2.01. The lowest BCUT2D eigenvalue weighted by atomic mass is 9.82. The van der Waals surface area contributed by atoms with Crippen LogP contribution >= 0.6 is 0 Å². The minimum Gasteiger partial charge on any atom is -0.480 e. The second-order valence-corrected chi connectivity index (χ2v) is 4.94. The maximum atomic E-state index is 11.9. The van der Waals surface area contributed by atoms with Crippen LogP contribution in [0.2, 0.25) is 0 Å². The van der Waals surface area contributed by atoms with Gasteiger partial charge in [-0.15, -0.1) is 0 Å². The Bertz CT molecular complexity index is 342. The van der Waals surface area contributed by atoms with Crippen LogP contribution in [0.25, 0.3) is 0 Å². The van der Waals surface area contributed by atoms with E-state index in [1.807, 2.05) is 0 Å². The molecule has 1 rings (SSSR count). The van der Waals surface area contributed by atoms with Gasteiger partial charge in [-0.2, -0.15) is 0 Å². The normalized spacial score (nSPS) is 29.1. The number of hydrogen-bond acceptors (Lipinski definition) is 4. The predicted octanol–water partition coefficient (Wildman–Crippen LogP) is 0.686. The first kappa shape index (κ1) is 12.7. The summed E-state index contributed by atoms with van der Waals surface area (Å²) in [6, 6.07) is -0.833. The van der Waals surface area contributed by atoms with Crippen molar-refractivity contribution in [2.45, 2.75) is 38.8 Å². The van der Waals surface area contributed by atoms with Crippen molar-refractivity contribution in [1.29, 1.82) is 0 Å². The SMILES string of the molecule is CC(C)(C)OC(=O)C1(C(=O)O)CC=CC1N. The van der Waals surface area contributed by atoms with E-state index in [1.165, 1.54) is 6.08 Å². The van der Waals surface area contributed by atoms with E-state index in [-0.39, 0.29) is 6.42 Å². The summed E-state index contributed by atoms with van der Waals surface area (Å²) in [5.41, 5.74) is 3.29. The Balaban J connectivity index is 2.97. The van der Waals surface area contributed by atoms with Crippen LogP contribution < -0.4 is 5.73 Å². The first-order valence-corrected chi connectivity index (χ1v) is 5.09. The number of esters is 1. The summed E-state index contributed by atoms with van der Waals surface area (Å²) in [6.07, 6.45) is 3.21. The third-order valence-electron chi connectivity index (χ3n) is 2.50. The number of rotatable bonds is 2. The van der Waals surface area contributed by atoms with Gasteiger partial charge in [-0.3, -0.25) is 9.59 Å². The molecule has 0 aromatic heterocycles. The third-order valence-corrected chi connectivity index (χ3v) is 2.50. The Morgan fingerprint density at radius 1 is 1.50 bits per heavy atom. The van der Waals surface area contributed by atoms with Crippen LogP contribution in [-0.4, -0.2) is 28.7 Å². The van der Waals surface area contributed by atoms with Gasteiger partial charge in [0.2, 0.25) is 0 Å². The van der Waals surface area contributed by atoms with Gasteiger partial charge in [0.25, 0.3) is 0 Å². The molecule has 90 valence electrons. The number of allylic oxidation sites excluding steroid dienone is 1. The van der Waals surface area contributed by atoms with Gasteiger partial charge in [-0.05, 0) is 27.2 Å². The lowest BCUT2D eigenvalue weighted by Crippen LogP contribution is -2.52. The predicted molar refractivity (Wildman–Crippen MR) is 57.6 cm³/mol. The number of carboxylic acid groups (broad SMARTS) is 1. The molecule has 16 heavy (non-hydrogen) atoms. The Morgan fingerprint density at radius 3 is 2.38 bits per heavy atom. The molecule has 1 aliphatic carbocycles. The second-order valence-electron chi connectivity index (χ2n) is 4.94. The van der Waals surface area contributed by atoms with Crippen LogP contribution in [0.3, 0.4) is 0 Å². The van der Waals surface area contributed by atoms with Gasteiger partial charge >= 0.3 is 11.9 Å². The van der Waals surface area contributed by atoms with E-state index in [0.717, 1.165) is 0 Å². The van der Waals surface area contributed by atoms with Crippen molar-refractivity contribution in [1.82, 2.24) is 0 Å². The maximum Gasteiger partial charge on any atom is 0.326 e. The molecule has 2 unspecified atom stereocenters.